The van der Waals surface area contributed by atoms with Crippen molar-refractivity contribution < 1.29 is 9.53 Å². The maximum atomic E-state index is 12.3. The van der Waals surface area contributed by atoms with Crippen LogP contribution in [0, 0.1) is 0 Å². The molecule has 2 aromatic rings. The second-order valence-corrected chi connectivity index (χ2v) is 7.32. The Morgan fingerprint density at radius 2 is 1.86 bits per heavy atom. The summed E-state index contributed by atoms with van der Waals surface area (Å²) in [6, 6.07) is 12.0. The third-order valence-electron chi connectivity index (χ3n) is 3.21. The molecule has 1 unspecified atom stereocenters. The quantitative estimate of drug-likeness (QED) is 0.856. The molecule has 0 saturated heterocycles. The van der Waals surface area contributed by atoms with Crippen LogP contribution in [0.5, 0.6) is 5.75 Å². The third kappa shape index (κ3) is 4.47. The lowest BCUT2D eigenvalue weighted by atomic mass is 10.1. The van der Waals surface area contributed by atoms with Gasteiger partial charge in [-0.25, -0.2) is 0 Å². The molecule has 0 heterocycles. The van der Waals surface area contributed by atoms with Gasteiger partial charge in [-0.05, 0) is 62.2 Å². The molecule has 2 rings (SSSR count). The largest absolute Gasteiger partial charge is 0.481 e. The minimum absolute atomic E-state index is 0.0793. The van der Waals surface area contributed by atoms with Crippen LogP contribution in [-0.2, 0) is 4.79 Å². The van der Waals surface area contributed by atoms with Crippen LogP contribution in [0.2, 0.25) is 0 Å². The Balaban J connectivity index is 2.18. The molecule has 0 saturated carbocycles. The van der Waals surface area contributed by atoms with E-state index in [0.717, 1.165) is 15.2 Å². The lowest BCUT2D eigenvalue weighted by Crippen LogP contribution is -2.47. The van der Waals surface area contributed by atoms with Gasteiger partial charge in [0.15, 0.2) is 6.10 Å². The van der Waals surface area contributed by atoms with Crippen molar-refractivity contribution >= 4 is 32.6 Å². The maximum Gasteiger partial charge on any atom is 0.261 e. The molecule has 1 atom stereocenters. The average molecular weight is 364 g/mol. The summed E-state index contributed by atoms with van der Waals surface area (Å²) in [5.74, 6) is 0.630. The first-order valence-electron chi connectivity index (χ1n) is 7.46. The summed E-state index contributed by atoms with van der Waals surface area (Å²) in [5, 5.41) is 5.19. The van der Waals surface area contributed by atoms with E-state index in [1.54, 1.807) is 0 Å². The highest BCUT2D eigenvalue weighted by Crippen LogP contribution is 2.25. The zero-order valence-corrected chi connectivity index (χ0v) is 15.0. The molecule has 0 aliphatic heterocycles. The summed E-state index contributed by atoms with van der Waals surface area (Å²) in [7, 11) is 0. The number of carbonyl (C=O) groups is 1. The molecule has 1 amide bonds. The van der Waals surface area contributed by atoms with E-state index in [1.165, 1.54) is 0 Å². The number of halogens is 1. The van der Waals surface area contributed by atoms with Crippen LogP contribution >= 0.6 is 15.9 Å². The average Bonchev–Trinajstić information content (AvgIpc) is 2.42. The van der Waals surface area contributed by atoms with E-state index in [4.69, 9.17) is 4.74 Å². The van der Waals surface area contributed by atoms with Crippen LogP contribution in [0.25, 0.3) is 10.8 Å². The second kappa shape index (κ2) is 6.69. The Kier molecular flexibility index (Phi) is 5.12. The number of rotatable bonds is 4. The smallest absolute Gasteiger partial charge is 0.261 e. The summed E-state index contributed by atoms with van der Waals surface area (Å²) >= 11 is 3.47. The Labute approximate surface area is 140 Å². The van der Waals surface area contributed by atoms with Gasteiger partial charge in [0.25, 0.3) is 5.91 Å². The SMILES string of the molecule is CCC(Oc1ccc2ccc(Br)cc2c1)C(=O)NC(C)(C)C. The molecular weight excluding hydrogens is 342 g/mol. The van der Waals surface area contributed by atoms with Gasteiger partial charge in [0.05, 0.1) is 0 Å². The molecule has 22 heavy (non-hydrogen) atoms. The molecule has 1 N–H and O–H groups in total. The molecule has 0 radical (unpaired) electrons. The van der Waals surface area contributed by atoms with Crippen LogP contribution in [0.1, 0.15) is 34.1 Å². The predicted molar refractivity (Wildman–Crippen MR) is 94.3 cm³/mol. The number of ether oxygens (including phenoxy) is 1. The monoisotopic (exact) mass is 363 g/mol. The molecule has 118 valence electrons. The molecule has 0 fully saturated rings. The normalized spacial score (nSPS) is 13.0. The van der Waals surface area contributed by atoms with Gasteiger partial charge in [-0.3, -0.25) is 4.79 Å². The van der Waals surface area contributed by atoms with E-state index in [0.29, 0.717) is 12.2 Å². The van der Waals surface area contributed by atoms with E-state index in [1.807, 2.05) is 64.1 Å². The minimum atomic E-state index is -0.483. The Morgan fingerprint density at radius 3 is 2.50 bits per heavy atom. The summed E-state index contributed by atoms with van der Waals surface area (Å²) in [6.45, 7) is 7.84. The molecule has 0 aromatic heterocycles. The van der Waals surface area contributed by atoms with E-state index >= 15 is 0 Å². The van der Waals surface area contributed by atoms with Crippen LogP contribution in [0.15, 0.2) is 40.9 Å². The van der Waals surface area contributed by atoms with Gasteiger partial charge in [0, 0.05) is 10.0 Å². The summed E-state index contributed by atoms with van der Waals surface area (Å²) in [5.41, 5.74) is -0.262. The molecular formula is C18H22BrNO2. The molecule has 3 nitrogen and oxygen atoms in total. The fourth-order valence-corrected chi connectivity index (χ4v) is 2.58. The fourth-order valence-electron chi connectivity index (χ4n) is 2.21. The molecule has 0 aliphatic rings. The first kappa shape index (κ1) is 16.8. The predicted octanol–water partition coefficient (Wildman–Crippen LogP) is 4.67. The van der Waals surface area contributed by atoms with Crippen LogP contribution < -0.4 is 10.1 Å². The van der Waals surface area contributed by atoms with Gasteiger partial charge in [0.2, 0.25) is 0 Å². The van der Waals surface area contributed by atoms with Gasteiger partial charge in [-0.2, -0.15) is 0 Å². The van der Waals surface area contributed by atoms with Gasteiger partial charge in [-0.1, -0.05) is 35.0 Å². The Hall–Kier alpha value is -1.55. The number of amides is 1. The molecule has 2 aromatic carbocycles. The number of carbonyl (C=O) groups excluding carboxylic acids is 1. The third-order valence-corrected chi connectivity index (χ3v) is 3.71. The zero-order valence-electron chi connectivity index (χ0n) is 13.4. The van der Waals surface area contributed by atoms with E-state index in [2.05, 4.69) is 21.2 Å². The number of hydrogen-bond acceptors (Lipinski definition) is 2. The van der Waals surface area contributed by atoms with Crippen molar-refractivity contribution in [2.45, 2.75) is 45.8 Å². The standard InChI is InChI=1S/C18H22BrNO2/c1-5-16(17(21)20-18(2,3)4)22-15-9-7-12-6-8-14(19)10-13(12)11-15/h6-11,16H,5H2,1-4H3,(H,20,21). The first-order valence-corrected chi connectivity index (χ1v) is 8.26. The molecule has 0 spiro atoms. The number of hydrogen-bond donors (Lipinski definition) is 1. The molecule has 4 heteroatoms. The number of fused-ring (bicyclic) bond motifs is 1. The number of nitrogens with one attached hydrogen (secondary N) is 1. The topological polar surface area (TPSA) is 38.3 Å². The second-order valence-electron chi connectivity index (χ2n) is 6.41. The highest BCUT2D eigenvalue weighted by atomic mass is 79.9. The van der Waals surface area contributed by atoms with Crippen molar-refractivity contribution in [2.75, 3.05) is 0 Å². The lowest BCUT2D eigenvalue weighted by Gasteiger charge is -2.25. The van der Waals surface area contributed by atoms with Crippen LogP contribution in [0.3, 0.4) is 0 Å². The maximum absolute atomic E-state index is 12.3. The summed E-state index contributed by atoms with van der Waals surface area (Å²) in [4.78, 5) is 12.3. The van der Waals surface area contributed by atoms with Crippen LogP contribution in [0.4, 0.5) is 0 Å². The van der Waals surface area contributed by atoms with Crippen molar-refractivity contribution in [1.29, 1.82) is 0 Å². The summed E-state index contributed by atoms with van der Waals surface area (Å²) < 4.78 is 6.91. The van der Waals surface area contributed by atoms with Crippen molar-refractivity contribution in [3.63, 3.8) is 0 Å². The molecule has 0 bridgehead atoms. The van der Waals surface area contributed by atoms with E-state index in [9.17, 15) is 4.79 Å². The fraction of sp³-hybridized carbons (Fsp3) is 0.389. The zero-order chi connectivity index (χ0) is 16.3. The van der Waals surface area contributed by atoms with Crippen molar-refractivity contribution in [1.82, 2.24) is 5.32 Å². The van der Waals surface area contributed by atoms with Crippen molar-refractivity contribution in [2.24, 2.45) is 0 Å². The van der Waals surface area contributed by atoms with E-state index < -0.39 is 6.10 Å². The molecule has 0 aliphatic carbocycles. The Bertz CT molecular complexity index is 676. The lowest BCUT2D eigenvalue weighted by molar-refractivity contribution is -0.129. The van der Waals surface area contributed by atoms with Gasteiger partial charge < -0.3 is 10.1 Å². The van der Waals surface area contributed by atoms with Gasteiger partial charge in [0.1, 0.15) is 5.75 Å². The number of benzene rings is 2. The van der Waals surface area contributed by atoms with Gasteiger partial charge in [-0.15, -0.1) is 0 Å². The first-order chi connectivity index (χ1) is 10.3. The highest BCUT2D eigenvalue weighted by Gasteiger charge is 2.23. The Morgan fingerprint density at radius 1 is 1.18 bits per heavy atom. The highest BCUT2D eigenvalue weighted by molar-refractivity contribution is 9.10. The van der Waals surface area contributed by atoms with Crippen molar-refractivity contribution in [3.8, 4) is 5.75 Å². The van der Waals surface area contributed by atoms with Crippen LogP contribution in [-0.4, -0.2) is 17.6 Å². The summed E-state index contributed by atoms with van der Waals surface area (Å²) in [6.07, 6.45) is 0.141. The van der Waals surface area contributed by atoms with Gasteiger partial charge >= 0.3 is 0 Å². The van der Waals surface area contributed by atoms with Crippen molar-refractivity contribution in [3.05, 3.63) is 40.9 Å². The minimum Gasteiger partial charge on any atom is -0.481 e. The van der Waals surface area contributed by atoms with E-state index in [-0.39, 0.29) is 11.4 Å².